The molecule has 0 heterocycles. The molecule has 12 nitrogen and oxygen atoms in total. The fraction of sp³-hybridized carbons (Fsp3) is 0.778. The van der Waals surface area contributed by atoms with Crippen LogP contribution in [0, 0.1) is 5.41 Å². The van der Waals surface area contributed by atoms with Gasteiger partial charge in [0.25, 0.3) is 0 Å². The van der Waals surface area contributed by atoms with Gasteiger partial charge >= 0.3 is 17.9 Å². The summed E-state index contributed by atoms with van der Waals surface area (Å²) in [5.41, 5.74) is -0.892. The van der Waals surface area contributed by atoms with Gasteiger partial charge in [0.15, 0.2) is 0 Å². The zero-order chi connectivity index (χ0) is 29.0. The number of nitrogens with zero attached hydrogens (tertiary/aromatic N) is 3. The van der Waals surface area contributed by atoms with Crippen LogP contribution in [-0.4, -0.2) is 75.6 Å². The predicted molar refractivity (Wildman–Crippen MR) is 140 cm³/mol. The van der Waals surface area contributed by atoms with E-state index in [0.717, 1.165) is 0 Å². The molecule has 12 heteroatoms. The third kappa shape index (κ3) is 21.2. The molecule has 0 aliphatic carbocycles. The highest BCUT2D eigenvalue weighted by molar-refractivity contribution is 5.70. The second kappa shape index (κ2) is 24.9. The molecule has 0 aromatic carbocycles. The highest BCUT2D eigenvalue weighted by Gasteiger charge is 2.34. The van der Waals surface area contributed by atoms with Crippen LogP contribution in [0.3, 0.4) is 0 Å². The van der Waals surface area contributed by atoms with E-state index in [1.165, 1.54) is 18.2 Å². The molecule has 0 spiro atoms. The fourth-order valence-electron chi connectivity index (χ4n) is 3.40. The number of isocyanates is 3. The van der Waals surface area contributed by atoms with E-state index >= 15 is 0 Å². The quantitative estimate of drug-likeness (QED) is 0.0540. The number of esters is 3. The smallest absolute Gasteiger partial charge is 0.305 e. The zero-order valence-corrected chi connectivity index (χ0v) is 23.0. The van der Waals surface area contributed by atoms with Crippen LogP contribution in [0.25, 0.3) is 0 Å². The molecule has 218 valence electrons. The standard InChI is InChI=1S/C27H41N3O9/c1-2-27(18-37-24(34)12-6-3-9-15-28-21-31,19-38-25(35)13-7-4-10-16-29-22-32)20-39-26(36)14-8-5-11-17-30-23-33/h2-20H2,1H3. The molecule has 0 aliphatic heterocycles. The Morgan fingerprint density at radius 1 is 0.538 bits per heavy atom. The number of unbranched alkanes of at least 4 members (excludes halogenated alkanes) is 6. The summed E-state index contributed by atoms with van der Waals surface area (Å²) in [6.07, 6.45) is 11.3. The van der Waals surface area contributed by atoms with Gasteiger partial charge in [-0.1, -0.05) is 26.2 Å². The normalized spacial score (nSPS) is 11.6. The van der Waals surface area contributed by atoms with Crippen molar-refractivity contribution >= 4 is 36.1 Å². The van der Waals surface area contributed by atoms with E-state index in [-0.39, 0.29) is 39.1 Å². The molecule has 0 aromatic heterocycles. The summed E-state index contributed by atoms with van der Waals surface area (Å²) in [6, 6.07) is 0. The molecule has 0 amide bonds. The van der Waals surface area contributed by atoms with Crippen LogP contribution in [0.5, 0.6) is 0 Å². The van der Waals surface area contributed by atoms with Gasteiger partial charge in [-0.05, 0) is 44.9 Å². The summed E-state index contributed by atoms with van der Waals surface area (Å²) in [5.74, 6) is -1.25. The van der Waals surface area contributed by atoms with Crippen LogP contribution in [0.15, 0.2) is 15.0 Å². The van der Waals surface area contributed by atoms with E-state index in [0.29, 0.717) is 83.8 Å². The van der Waals surface area contributed by atoms with Crippen molar-refractivity contribution in [1.82, 2.24) is 0 Å². The first-order chi connectivity index (χ1) is 18.9. The molecule has 0 saturated heterocycles. The summed E-state index contributed by atoms with van der Waals surface area (Å²) >= 11 is 0. The third-order valence-electron chi connectivity index (χ3n) is 6.01. The number of carbonyl (C=O) groups is 3. The number of hydrogen-bond donors (Lipinski definition) is 0. The third-order valence-corrected chi connectivity index (χ3v) is 6.01. The maximum Gasteiger partial charge on any atom is 0.305 e. The average Bonchev–Trinajstić information content (AvgIpc) is 2.94. The Labute approximate surface area is 229 Å². The molecule has 0 saturated carbocycles. The van der Waals surface area contributed by atoms with Crippen molar-refractivity contribution in [2.75, 3.05) is 39.5 Å². The van der Waals surface area contributed by atoms with Crippen molar-refractivity contribution in [3.63, 3.8) is 0 Å². The van der Waals surface area contributed by atoms with Crippen LogP contribution in [0.2, 0.25) is 0 Å². The Kier molecular flexibility index (Phi) is 22.7. The van der Waals surface area contributed by atoms with Crippen molar-refractivity contribution in [3.8, 4) is 0 Å². The second-order valence-electron chi connectivity index (χ2n) is 9.19. The monoisotopic (exact) mass is 551 g/mol. The van der Waals surface area contributed by atoms with Gasteiger partial charge in [0.1, 0.15) is 19.8 Å². The largest absolute Gasteiger partial charge is 0.465 e. The minimum atomic E-state index is -0.892. The summed E-state index contributed by atoms with van der Waals surface area (Å²) in [7, 11) is 0. The first-order valence-electron chi connectivity index (χ1n) is 13.5. The highest BCUT2D eigenvalue weighted by atomic mass is 16.6. The number of rotatable bonds is 25. The van der Waals surface area contributed by atoms with Crippen molar-refractivity contribution in [2.24, 2.45) is 20.4 Å². The minimum Gasteiger partial charge on any atom is -0.465 e. The minimum absolute atomic E-state index is 0.0777. The van der Waals surface area contributed by atoms with E-state index in [9.17, 15) is 28.8 Å². The van der Waals surface area contributed by atoms with Gasteiger partial charge in [0, 0.05) is 19.3 Å². The number of ether oxygens (including phenoxy) is 3. The van der Waals surface area contributed by atoms with Crippen molar-refractivity contribution < 1.29 is 43.0 Å². The molecule has 0 bridgehead atoms. The van der Waals surface area contributed by atoms with Crippen LogP contribution < -0.4 is 0 Å². The molecule has 39 heavy (non-hydrogen) atoms. The van der Waals surface area contributed by atoms with E-state index in [1.54, 1.807) is 0 Å². The molecule has 0 N–H and O–H groups in total. The fourth-order valence-corrected chi connectivity index (χ4v) is 3.40. The maximum atomic E-state index is 12.3. The molecular weight excluding hydrogens is 510 g/mol. The Morgan fingerprint density at radius 3 is 1.10 bits per heavy atom. The Bertz CT molecular complexity index is 751. The lowest BCUT2D eigenvalue weighted by Crippen LogP contribution is -2.39. The Balaban J connectivity index is 4.82. The van der Waals surface area contributed by atoms with Crippen LogP contribution in [0.1, 0.15) is 90.4 Å². The molecule has 0 unspecified atom stereocenters. The van der Waals surface area contributed by atoms with Crippen LogP contribution >= 0.6 is 0 Å². The lowest BCUT2D eigenvalue weighted by atomic mass is 9.88. The first kappa shape index (κ1) is 35.5. The van der Waals surface area contributed by atoms with Gasteiger partial charge in [0.05, 0.1) is 25.0 Å². The average molecular weight is 552 g/mol. The van der Waals surface area contributed by atoms with Gasteiger partial charge in [-0.3, -0.25) is 14.4 Å². The molecule has 0 radical (unpaired) electrons. The van der Waals surface area contributed by atoms with Gasteiger partial charge in [-0.15, -0.1) is 0 Å². The molecule has 0 aromatic rings. The van der Waals surface area contributed by atoms with Crippen molar-refractivity contribution in [1.29, 1.82) is 0 Å². The van der Waals surface area contributed by atoms with Crippen LogP contribution in [0.4, 0.5) is 0 Å². The number of aliphatic imine (C=N–C) groups is 3. The van der Waals surface area contributed by atoms with Crippen molar-refractivity contribution in [3.05, 3.63) is 0 Å². The lowest BCUT2D eigenvalue weighted by molar-refractivity contribution is -0.162. The van der Waals surface area contributed by atoms with E-state index < -0.39 is 23.3 Å². The lowest BCUT2D eigenvalue weighted by Gasteiger charge is -2.31. The molecular formula is C27H41N3O9. The zero-order valence-electron chi connectivity index (χ0n) is 23.0. The second-order valence-corrected chi connectivity index (χ2v) is 9.19. The molecule has 0 atom stereocenters. The van der Waals surface area contributed by atoms with Gasteiger partial charge in [-0.25, -0.2) is 29.4 Å². The van der Waals surface area contributed by atoms with Gasteiger partial charge < -0.3 is 14.2 Å². The molecule has 0 rings (SSSR count). The summed E-state index contributed by atoms with van der Waals surface area (Å²) < 4.78 is 16.4. The van der Waals surface area contributed by atoms with Crippen molar-refractivity contribution in [2.45, 2.75) is 90.4 Å². The summed E-state index contributed by atoms with van der Waals surface area (Å²) in [6.45, 7) is 2.71. The first-order valence-corrected chi connectivity index (χ1v) is 13.5. The van der Waals surface area contributed by atoms with E-state index in [4.69, 9.17) is 14.2 Å². The molecule has 0 aliphatic rings. The highest BCUT2D eigenvalue weighted by Crippen LogP contribution is 2.25. The maximum absolute atomic E-state index is 12.3. The number of carbonyl (C=O) groups excluding carboxylic acids is 6. The topological polar surface area (TPSA) is 167 Å². The number of hydrogen-bond acceptors (Lipinski definition) is 12. The summed E-state index contributed by atoms with van der Waals surface area (Å²) in [4.78, 5) is 77.5. The predicted octanol–water partition coefficient (Wildman–Crippen LogP) is 3.70. The van der Waals surface area contributed by atoms with E-state index in [2.05, 4.69) is 15.0 Å². The van der Waals surface area contributed by atoms with Gasteiger partial charge in [0.2, 0.25) is 18.2 Å². The summed E-state index contributed by atoms with van der Waals surface area (Å²) in [5, 5.41) is 0. The Morgan fingerprint density at radius 2 is 0.846 bits per heavy atom. The van der Waals surface area contributed by atoms with Crippen LogP contribution in [-0.2, 0) is 43.0 Å². The van der Waals surface area contributed by atoms with Gasteiger partial charge in [-0.2, -0.15) is 0 Å². The Hall–Kier alpha value is -3.45. The SMILES string of the molecule is CCC(COC(=O)CCCCCN=C=O)(COC(=O)CCCCCN=C=O)COC(=O)CCCCCN=C=O. The molecule has 0 fully saturated rings. The van der Waals surface area contributed by atoms with E-state index in [1.807, 2.05) is 6.92 Å².